The number of rotatable bonds is 10. The molecule has 13 heteroatoms. The van der Waals surface area contributed by atoms with Crippen LogP contribution in [0.2, 0.25) is 0 Å². The summed E-state index contributed by atoms with van der Waals surface area (Å²) in [6.45, 7) is 1.50. The Labute approximate surface area is 166 Å². The molecule has 0 amide bonds. The van der Waals surface area contributed by atoms with Gasteiger partial charge in [-0.15, -0.1) is 0 Å². The van der Waals surface area contributed by atoms with E-state index in [-0.39, 0.29) is 18.4 Å². The normalized spacial score (nSPS) is 22.0. The Hall–Kier alpha value is -1.82. The fourth-order valence-electron chi connectivity index (χ4n) is 2.93. The summed E-state index contributed by atoms with van der Waals surface area (Å²) in [6, 6.07) is 0. The summed E-state index contributed by atoms with van der Waals surface area (Å²) in [7, 11) is -4.77. The first kappa shape index (κ1) is 23.5. The number of nitrogens with zero attached hydrogens (tertiary/aromatic N) is 1. The van der Waals surface area contributed by atoms with Crippen molar-refractivity contribution < 1.29 is 33.1 Å². The second-order valence-electron chi connectivity index (χ2n) is 6.76. The van der Waals surface area contributed by atoms with E-state index < -0.39 is 50.1 Å². The maximum absolute atomic E-state index is 12.1. The molecule has 5 N–H and O–H groups in total. The van der Waals surface area contributed by atoms with Crippen molar-refractivity contribution in [3.63, 3.8) is 0 Å². The molecule has 1 aromatic rings. The highest BCUT2D eigenvalue weighted by Crippen LogP contribution is 2.38. The average molecular weight is 435 g/mol. The van der Waals surface area contributed by atoms with Gasteiger partial charge in [0.2, 0.25) is 0 Å². The zero-order valence-electron chi connectivity index (χ0n) is 16.0. The fraction of sp³-hybridized carbons (Fsp3) is 0.688. The number of carbonyl (C=O) groups is 1. The number of aryl methyl sites for hydroxylation is 1. The Kier molecular flexibility index (Phi) is 8.32. The van der Waals surface area contributed by atoms with E-state index >= 15 is 0 Å². The maximum Gasteiger partial charge on any atom is 0.469 e. The number of phosphoric acid groups is 1. The van der Waals surface area contributed by atoms with Gasteiger partial charge in [0, 0.05) is 24.6 Å². The van der Waals surface area contributed by atoms with Gasteiger partial charge in [-0.2, -0.15) is 0 Å². The molecule has 164 valence electrons. The first-order valence-electron chi connectivity index (χ1n) is 9.18. The Balaban J connectivity index is 2.10. The molecule has 0 spiro atoms. The number of unbranched alkanes of at least 4 members (excludes halogenated alkanes) is 2. The maximum atomic E-state index is 12.1. The SMILES string of the molecule is Cc1cn([C@H]2C[C@H](OC(=O)CCCCCN)[C@@H](COP(=O)(O)O)O2)c(=O)[nH]c1=O. The van der Waals surface area contributed by atoms with E-state index in [1.54, 1.807) is 0 Å². The van der Waals surface area contributed by atoms with Crippen LogP contribution < -0.4 is 17.0 Å². The van der Waals surface area contributed by atoms with E-state index in [0.29, 0.717) is 13.0 Å². The Bertz CT molecular complexity index is 862. The fourth-order valence-corrected chi connectivity index (χ4v) is 3.28. The minimum Gasteiger partial charge on any atom is -0.459 e. The van der Waals surface area contributed by atoms with E-state index in [1.165, 1.54) is 13.1 Å². The van der Waals surface area contributed by atoms with E-state index in [0.717, 1.165) is 17.4 Å². The molecule has 0 radical (unpaired) electrons. The number of phosphoric ester groups is 1. The van der Waals surface area contributed by atoms with E-state index in [2.05, 4.69) is 9.51 Å². The van der Waals surface area contributed by atoms with Crippen LogP contribution in [0.3, 0.4) is 0 Å². The summed E-state index contributed by atoms with van der Waals surface area (Å²) in [5.41, 5.74) is 4.43. The number of ether oxygens (including phenoxy) is 2. The van der Waals surface area contributed by atoms with Crippen LogP contribution in [0.4, 0.5) is 0 Å². The first-order valence-corrected chi connectivity index (χ1v) is 10.7. The largest absolute Gasteiger partial charge is 0.469 e. The molecule has 0 aromatic carbocycles. The first-order chi connectivity index (χ1) is 13.6. The number of H-pyrrole nitrogens is 1. The number of esters is 1. The van der Waals surface area contributed by atoms with Crippen LogP contribution >= 0.6 is 7.82 Å². The quantitative estimate of drug-likeness (QED) is 0.216. The Morgan fingerprint density at radius 2 is 2.10 bits per heavy atom. The van der Waals surface area contributed by atoms with E-state index in [9.17, 15) is 18.9 Å². The molecule has 1 saturated heterocycles. The van der Waals surface area contributed by atoms with Crippen LogP contribution in [-0.4, -0.2) is 50.7 Å². The molecule has 0 saturated carbocycles. The third-order valence-corrected chi connectivity index (χ3v) is 4.90. The lowest BCUT2D eigenvalue weighted by Crippen LogP contribution is -2.33. The number of hydrogen-bond acceptors (Lipinski definition) is 8. The van der Waals surface area contributed by atoms with Crippen molar-refractivity contribution in [2.45, 2.75) is 57.5 Å². The molecule has 2 rings (SSSR count). The smallest absolute Gasteiger partial charge is 0.459 e. The van der Waals surface area contributed by atoms with E-state index in [4.69, 9.17) is 25.0 Å². The van der Waals surface area contributed by atoms with Gasteiger partial charge in [0.15, 0.2) is 0 Å². The number of aromatic amines is 1. The number of hydrogen-bond donors (Lipinski definition) is 4. The van der Waals surface area contributed by atoms with E-state index in [1.807, 2.05) is 0 Å². The molecule has 0 aliphatic carbocycles. The summed E-state index contributed by atoms with van der Waals surface area (Å²) in [5, 5.41) is 0. The van der Waals surface area contributed by atoms with Gasteiger partial charge in [0.25, 0.3) is 5.56 Å². The Morgan fingerprint density at radius 3 is 2.76 bits per heavy atom. The van der Waals surface area contributed by atoms with Crippen molar-refractivity contribution in [2.75, 3.05) is 13.2 Å². The van der Waals surface area contributed by atoms with Crippen molar-refractivity contribution in [2.24, 2.45) is 5.73 Å². The molecular formula is C16H26N3O9P. The minimum absolute atomic E-state index is 0.0507. The molecule has 1 aliphatic rings. The predicted octanol–water partition coefficient (Wildman–Crippen LogP) is -0.327. The second kappa shape index (κ2) is 10.3. The summed E-state index contributed by atoms with van der Waals surface area (Å²) in [4.78, 5) is 55.7. The third-order valence-electron chi connectivity index (χ3n) is 4.41. The molecule has 1 aromatic heterocycles. The van der Waals surface area contributed by atoms with Crippen LogP contribution in [0.15, 0.2) is 15.8 Å². The van der Waals surface area contributed by atoms with Crippen molar-refractivity contribution in [3.8, 4) is 0 Å². The number of aromatic nitrogens is 2. The zero-order valence-corrected chi connectivity index (χ0v) is 16.9. The van der Waals surface area contributed by atoms with Crippen LogP contribution in [0.25, 0.3) is 0 Å². The van der Waals surface area contributed by atoms with Gasteiger partial charge in [-0.25, -0.2) is 9.36 Å². The van der Waals surface area contributed by atoms with Crippen LogP contribution in [0, 0.1) is 6.92 Å². The number of nitrogens with one attached hydrogen (secondary N) is 1. The number of carbonyl (C=O) groups excluding carboxylic acids is 1. The third kappa shape index (κ3) is 7.18. The molecule has 12 nitrogen and oxygen atoms in total. The lowest BCUT2D eigenvalue weighted by Gasteiger charge is -2.19. The second-order valence-corrected chi connectivity index (χ2v) is 8.00. The molecule has 1 aliphatic heterocycles. The summed E-state index contributed by atoms with van der Waals surface area (Å²) in [6.07, 6.45) is 0.881. The predicted molar refractivity (Wildman–Crippen MR) is 100.0 cm³/mol. The molecule has 29 heavy (non-hydrogen) atoms. The van der Waals surface area contributed by atoms with Crippen molar-refractivity contribution in [1.82, 2.24) is 9.55 Å². The van der Waals surface area contributed by atoms with Gasteiger partial charge in [0.05, 0.1) is 6.61 Å². The number of nitrogens with two attached hydrogens (primary N) is 1. The Morgan fingerprint density at radius 1 is 1.38 bits per heavy atom. The van der Waals surface area contributed by atoms with Gasteiger partial charge in [-0.05, 0) is 26.3 Å². The standard InChI is InChI=1S/C16H26N3O9P/c1-10-8-19(16(22)18-15(10)21)13-7-11(12(27-13)9-26-29(23,24)25)28-14(20)5-3-2-4-6-17/h8,11-13H,2-7,9,17H2,1H3,(H,18,21,22)(H2,23,24,25)/t11-,12+,13+/m0/s1. The van der Waals surface area contributed by atoms with Gasteiger partial charge < -0.3 is 25.0 Å². The van der Waals surface area contributed by atoms with Crippen molar-refractivity contribution in [1.29, 1.82) is 0 Å². The average Bonchev–Trinajstić information content (AvgIpc) is 3.02. The monoisotopic (exact) mass is 435 g/mol. The van der Waals surface area contributed by atoms with Crippen molar-refractivity contribution >= 4 is 13.8 Å². The van der Waals surface area contributed by atoms with Crippen LogP contribution in [0.5, 0.6) is 0 Å². The lowest BCUT2D eigenvalue weighted by molar-refractivity contribution is -0.153. The van der Waals surface area contributed by atoms with Crippen LogP contribution in [0.1, 0.15) is 43.9 Å². The molecule has 0 bridgehead atoms. The molecule has 2 heterocycles. The molecular weight excluding hydrogens is 409 g/mol. The lowest BCUT2D eigenvalue weighted by atomic mass is 10.1. The highest BCUT2D eigenvalue weighted by atomic mass is 31.2. The molecule has 3 atom stereocenters. The van der Waals surface area contributed by atoms with Gasteiger partial charge in [0.1, 0.15) is 18.4 Å². The van der Waals surface area contributed by atoms with Crippen LogP contribution in [-0.2, 0) is 23.4 Å². The summed E-state index contributed by atoms with van der Waals surface area (Å²) in [5.74, 6) is -0.498. The summed E-state index contributed by atoms with van der Waals surface area (Å²) < 4.78 is 27.7. The van der Waals surface area contributed by atoms with Crippen molar-refractivity contribution in [3.05, 3.63) is 32.6 Å². The molecule has 1 fully saturated rings. The van der Waals surface area contributed by atoms with Gasteiger partial charge in [-0.3, -0.25) is 23.7 Å². The van der Waals surface area contributed by atoms with Gasteiger partial charge >= 0.3 is 19.5 Å². The molecule has 0 unspecified atom stereocenters. The topological polar surface area (TPSA) is 183 Å². The highest BCUT2D eigenvalue weighted by Gasteiger charge is 2.40. The summed E-state index contributed by atoms with van der Waals surface area (Å²) >= 11 is 0. The minimum atomic E-state index is -4.77. The zero-order chi connectivity index (χ0) is 21.6. The van der Waals surface area contributed by atoms with Gasteiger partial charge in [-0.1, -0.05) is 6.42 Å². The highest BCUT2D eigenvalue weighted by molar-refractivity contribution is 7.46.